The molecule has 5 nitrogen and oxygen atoms in total. The fourth-order valence-electron chi connectivity index (χ4n) is 2.18. The molecule has 0 saturated carbocycles. The summed E-state index contributed by atoms with van der Waals surface area (Å²) in [5, 5.41) is 8.05. The minimum absolute atomic E-state index is 0.488. The predicted octanol–water partition coefficient (Wildman–Crippen LogP) is 1.28. The molecular formula is C14H26N4O. The molecule has 0 aromatic carbocycles. The van der Waals surface area contributed by atoms with Gasteiger partial charge >= 0.3 is 0 Å². The van der Waals surface area contributed by atoms with Gasteiger partial charge in [0.05, 0.1) is 18.9 Å². The van der Waals surface area contributed by atoms with E-state index in [1.807, 2.05) is 0 Å². The molecule has 1 fully saturated rings. The van der Waals surface area contributed by atoms with Gasteiger partial charge in [0.1, 0.15) is 0 Å². The van der Waals surface area contributed by atoms with Crippen molar-refractivity contribution in [3.8, 4) is 0 Å². The molecule has 1 atom stereocenters. The third kappa shape index (κ3) is 4.60. The lowest BCUT2D eigenvalue weighted by Crippen LogP contribution is -2.40. The molecule has 108 valence electrons. The maximum Gasteiger partial charge on any atom is 0.0762 e. The van der Waals surface area contributed by atoms with Gasteiger partial charge in [0, 0.05) is 45.0 Å². The molecule has 19 heavy (non-hydrogen) atoms. The van der Waals surface area contributed by atoms with Crippen LogP contribution in [0.1, 0.15) is 32.0 Å². The fourth-order valence-corrected chi connectivity index (χ4v) is 2.18. The van der Waals surface area contributed by atoms with Gasteiger partial charge in [-0.2, -0.15) is 5.10 Å². The summed E-state index contributed by atoms with van der Waals surface area (Å²) in [7, 11) is 0. The van der Waals surface area contributed by atoms with E-state index in [1.54, 1.807) is 0 Å². The molecule has 2 rings (SSSR count). The van der Waals surface area contributed by atoms with Gasteiger partial charge in [-0.05, 0) is 19.4 Å². The Morgan fingerprint density at radius 3 is 2.95 bits per heavy atom. The number of nitrogens with zero attached hydrogens (tertiary/aromatic N) is 3. The zero-order chi connectivity index (χ0) is 13.5. The van der Waals surface area contributed by atoms with Crippen molar-refractivity contribution in [1.82, 2.24) is 20.0 Å². The van der Waals surface area contributed by atoms with Gasteiger partial charge in [0.15, 0.2) is 0 Å². The monoisotopic (exact) mass is 266 g/mol. The van der Waals surface area contributed by atoms with Gasteiger partial charge in [0.25, 0.3) is 0 Å². The third-order valence-corrected chi connectivity index (χ3v) is 3.72. The maximum absolute atomic E-state index is 5.34. The summed E-state index contributed by atoms with van der Waals surface area (Å²) in [5.74, 6) is 0. The van der Waals surface area contributed by atoms with E-state index in [2.05, 4.69) is 46.1 Å². The van der Waals surface area contributed by atoms with Crippen molar-refractivity contribution in [2.45, 2.75) is 32.9 Å². The lowest BCUT2D eigenvalue weighted by Gasteiger charge is -2.26. The van der Waals surface area contributed by atoms with Crippen LogP contribution >= 0.6 is 0 Å². The Morgan fingerprint density at radius 1 is 1.42 bits per heavy atom. The molecule has 1 saturated heterocycles. The summed E-state index contributed by atoms with van der Waals surface area (Å²) in [5.41, 5.74) is 1.13. The molecule has 0 amide bonds. The molecule has 1 aromatic heterocycles. The fraction of sp³-hybridized carbons (Fsp3) is 0.786. The second-order valence-corrected chi connectivity index (χ2v) is 5.18. The van der Waals surface area contributed by atoms with Crippen LogP contribution in [0, 0.1) is 0 Å². The average Bonchev–Trinajstić information content (AvgIpc) is 2.93. The normalized spacial score (nSPS) is 18.6. The first kappa shape index (κ1) is 14.5. The van der Waals surface area contributed by atoms with E-state index in [4.69, 9.17) is 4.74 Å². The standard InChI is InChI=1S/C14H26N4O/c1-3-13(2)18-6-4-14(16-18)12-15-5-7-17-8-10-19-11-9-17/h4,6,13,15H,3,5,7-12H2,1-2H3. The van der Waals surface area contributed by atoms with Crippen LogP contribution in [-0.2, 0) is 11.3 Å². The van der Waals surface area contributed by atoms with E-state index in [0.29, 0.717) is 6.04 Å². The summed E-state index contributed by atoms with van der Waals surface area (Å²) in [6.07, 6.45) is 3.19. The maximum atomic E-state index is 5.34. The summed E-state index contributed by atoms with van der Waals surface area (Å²) in [6.45, 7) is 11.2. The van der Waals surface area contributed by atoms with E-state index in [0.717, 1.165) is 58.1 Å². The summed E-state index contributed by atoms with van der Waals surface area (Å²) >= 11 is 0. The molecule has 1 N–H and O–H groups in total. The van der Waals surface area contributed by atoms with E-state index in [-0.39, 0.29) is 0 Å². The number of morpholine rings is 1. The van der Waals surface area contributed by atoms with Crippen LogP contribution in [0.3, 0.4) is 0 Å². The first-order valence-electron chi connectivity index (χ1n) is 7.34. The Balaban J connectivity index is 1.63. The summed E-state index contributed by atoms with van der Waals surface area (Å²) in [4.78, 5) is 2.44. The van der Waals surface area contributed by atoms with Crippen molar-refractivity contribution >= 4 is 0 Å². The van der Waals surface area contributed by atoms with Crippen molar-refractivity contribution in [3.63, 3.8) is 0 Å². The number of hydrogen-bond donors (Lipinski definition) is 1. The minimum Gasteiger partial charge on any atom is -0.379 e. The molecular weight excluding hydrogens is 240 g/mol. The Morgan fingerprint density at radius 2 is 2.21 bits per heavy atom. The highest BCUT2D eigenvalue weighted by Gasteiger charge is 2.09. The molecule has 1 aromatic rings. The van der Waals surface area contributed by atoms with Crippen LogP contribution in [0.4, 0.5) is 0 Å². The summed E-state index contributed by atoms with van der Waals surface area (Å²) < 4.78 is 7.39. The Hall–Kier alpha value is -0.910. The van der Waals surface area contributed by atoms with Crippen LogP contribution < -0.4 is 5.32 Å². The van der Waals surface area contributed by atoms with Gasteiger partial charge in [-0.15, -0.1) is 0 Å². The van der Waals surface area contributed by atoms with Gasteiger partial charge in [-0.25, -0.2) is 0 Å². The van der Waals surface area contributed by atoms with Crippen molar-refractivity contribution < 1.29 is 4.74 Å². The van der Waals surface area contributed by atoms with Gasteiger partial charge in [0.2, 0.25) is 0 Å². The first-order chi connectivity index (χ1) is 9.29. The van der Waals surface area contributed by atoms with E-state index in [1.165, 1.54) is 0 Å². The molecule has 0 radical (unpaired) electrons. The zero-order valence-corrected chi connectivity index (χ0v) is 12.1. The van der Waals surface area contributed by atoms with Gasteiger partial charge in [-0.1, -0.05) is 6.92 Å². The molecule has 1 aliphatic heterocycles. The van der Waals surface area contributed by atoms with E-state index in [9.17, 15) is 0 Å². The molecule has 2 heterocycles. The smallest absolute Gasteiger partial charge is 0.0762 e. The Kier molecular flexibility index (Phi) is 5.82. The minimum atomic E-state index is 0.488. The van der Waals surface area contributed by atoms with Crippen LogP contribution in [0.5, 0.6) is 0 Å². The van der Waals surface area contributed by atoms with Crippen LogP contribution in [-0.4, -0.2) is 54.1 Å². The highest BCUT2D eigenvalue weighted by Crippen LogP contribution is 2.08. The first-order valence-corrected chi connectivity index (χ1v) is 7.34. The van der Waals surface area contributed by atoms with Crippen LogP contribution in [0.25, 0.3) is 0 Å². The van der Waals surface area contributed by atoms with Gasteiger partial charge in [-0.3, -0.25) is 9.58 Å². The zero-order valence-electron chi connectivity index (χ0n) is 12.1. The molecule has 1 unspecified atom stereocenters. The number of nitrogens with one attached hydrogen (secondary N) is 1. The predicted molar refractivity (Wildman–Crippen MR) is 76.2 cm³/mol. The SMILES string of the molecule is CCC(C)n1ccc(CNCCN2CCOCC2)n1. The Bertz CT molecular complexity index is 360. The lowest BCUT2D eigenvalue weighted by molar-refractivity contribution is 0.0384. The largest absolute Gasteiger partial charge is 0.379 e. The average molecular weight is 266 g/mol. The van der Waals surface area contributed by atoms with E-state index >= 15 is 0 Å². The van der Waals surface area contributed by atoms with Crippen LogP contribution in [0.15, 0.2) is 12.3 Å². The van der Waals surface area contributed by atoms with Crippen molar-refractivity contribution in [2.75, 3.05) is 39.4 Å². The molecule has 5 heteroatoms. The van der Waals surface area contributed by atoms with Crippen molar-refractivity contribution in [2.24, 2.45) is 0 Å². The third-order valence-electron chi connectivity index (χ3n) is 3.72. The van der Waals surface area contributed by atoms with E-state index < -0.39 is 0 Å². The number of ether oxygens (including phenoxy) is 1. The second kappa shape index (κ2) is 7.62. The number of rotatable bonds is 7. The molecule has 1 aliphatic rings. The topological polar surface area (TPSA) is 42.3 Å². The second-order valence-electron chi connectivity index (χ2n) is 5.18. The van der Waals surface area contributed by atoms with Gasteiger partial charge < -0.3 is 10.1 Å². The van der Waals surface area contributed by atoms with Crippen LogP contribution in [0.2, 0.25) is 0 Å². The highest BCUT2D eigenvalue weighted by molar-refractivity contribution is 4.99. The molecule has 0 spiro atoms. The van der Waals surface area contributed by atoms with Crippen molar-refractivity contribution in [1.29, 1.82) is 0 Å². The summed E-state index contributed by atoms with van der Waals surface area (Å²) in [6, 6.07) is 2.59. The Labute approximate surface area is 115 Å². The number of aromatic nitrogens is 2. The van der Waals surface area contributed by atoms with Crippen molar-refractivity contribution in [3.05, 3.63) is 18.0 Å². The molecule has 0 bridgehead atoms. The number of hydrogen-bond acceptors (Lipinski definition) is 4. The molecule has 0 aliphatic carbocycles. The highest BCUT2D eigenvalue weighted by atomic mass is 16.5. The quantitative estimate of drug-likeness (QED) is 0.755. The lowest BCUT2D eigenvalue weighted by atomic mass is 10.3.